The van der Waals surface area contributed by atoms with Gasteiger partial charge < -0.3 is 20.1 Å². The van der Waals surface area contributed by atoms with Gasteiger partial charge in [-0.1, -0.05) is 12.1 Å². The van der Waals surface area contributed by atoms with Crippen molar-refractivity contribution in [3.05, 3.63) is 59.8 Å². The van der Waals surface area contributed by atoms with Crippen molar-refractivity contribution in [3.8, 4) is 17.2 Å². The summed E-state index contributed by atoms with van der Waals surface area (Å²) in [6, 6.07) is 12.5. The molecular weight excluding hydrogens is 382 g/mol. The minimum atomic E-state index is -0.587. The number of pyridine rings is 1. The standard InChI is InChI=1S/C23H23N3O4/c1-29-21-14-19-17(13-18(21)23(24)28)20(8-9-25-19)30-16-6-4-15(5-7-16)12-22(27)26-10-2-3-11-26/h4-9,13-14H,2-3,10-12H2,1H3,(H2,24,28). The van der Waals surface area contributed by atoms with E-state index in [0.29, 0.717) is 34.6 Å². The van der Waals surface area contributed by atoms with Crippen LogP contribution in [0.1, 0.15) is 28.8 Å². The van der Waals surface area contributed by atoms with E-state index in [1.165, 1.54) is 7.11 Å². The van der Waals surface area contributed by atoms with Crippen LogP contribution in [0.4, 0.5) is 0 Å². The summed E-state index contributed by atoms with van der Waals surface area (Å²) in [6.07, 6.45) is 4.19. The second-order valence-electron chi connectivity index (χ2n) is 7.25. The van der Waals surface area contributed by atoms with Crippen LogP contribution >= 0.6 is 0 Å². The number of nitrogens with zero attached hydrogens (tertiary/aromatic N) is 2. The zero-order valence-corrected chi connectivity index (χ0v) is 16.8. The van der Waals surface area contributed by atoms with Gasteiger partial charge in [0.15, 0.2) is 0 Å². The largest absolute Gasteiger partial charge is 0.496 e. The maximum atomic E-state index is 12.3. The molecule has 4 rings (SSSR count). The van der Waals surface area contributed by atoms with Gasteiger partial charge in [0.05, 0.1) is 24.6 Å². The number of hydrogen-bond donors (Lipinski definition) is 1. The molecule has 154 valence electrons. The minimum Gasteiger partial charge on any atom is -0.496 e. The van der Waals surface area contributed by atoms with E-state index in [0.717, 1.165) is 31.5 Å². The van der Waals surface area contributed by atoms with Crippen LogP contribution in [-0.2, 0) is 11.2 Å². The van der Waals surface area contributed by atoms with Crippen molar-refractivity contribution in [1.82, 2.24) is 9.88 Å². The molecule has 1 aliphatic heterocycles. The maximum absolute atomic E-state index is 12.3. The number of carbonyl (C=O) groups is 2. The zero-order valence-electron chi connectivity index (χ0n) is 16.8. The molecule has 3 aromatic rings. The van der Waals surface area contributed by atoms with E-state index in [2.05, 4.69) is 4.98 Å². The number of methoxy groups -OCH3 is 1. The fourth-order valence-electron chi connectivity index (χ4n) is 3.65. The van der Waals surface area contributed by atoms with E-state index < -0.39 is 5.91 Å². The maximum Gasteiger partial charge on any atom is 0.252 e. The Balaban J connectivity index is 1.55. The molecule has 0 bridgehead atoms. The number of rotatable bonds is 6. The molecule has 0 saturated carbocycles. The number of aromatic nitrogens is 1. The first kappa shape index (κ1) is 19.7. The SMILES string of the molecule is COc1cc2nccc(Oc3ccc(CC(=O)N4CCCC4)cc3)c2cc1C(N)=O. The van der Waals surface area contributed by atoms with Gasteiger partial charge in [-0.15, -0.1) is 0 Å². The topological polar surface area (TPSA) is 94.8 Å². The molecule has 1 aliphatic rings. The van der Waals surface area contributed by atoms with Crippen LogP contribution in [0.3, 0.4) is 0 Å². The predicted molar refractivity (Wildman–Crippen MR) is 113 cm³/mol. The van der Waals surface area contributed by atoms with Gasteiger partial charge in [-0.25, -0.2) is 0 Å². The lowest BCUT2D eigenvalue weighted by molar-refractivity contribution is -0.129. The third-order valence-electron chi connectivity index (χ3n) is 5.25. The molecule has 0 radical (unpaired) electrons. The molecular formula is C23H23N3O4. The molecule has 30 heavy (non-hydrogen) atoms. The highest BCUT2D eigenvalue weighted by atomic mass is 16.5. The van der Waals surface area contributed by atoms with Crippen LogP contribution in [0.15, 0.2) is 48.7 Å². The first-order valence-electron chi connectivity index (χ1n) is 9.86. The van der Waals surface area contributed by atoms with E-state index in [-0.39, 0.29) is 11.5 Å². The van der Waals surface area contributed by atoms with Crippen LogP contribution in [0.5, 0.6) is 17.2 Å². The van der Waals surface area contributed by atoms with Crippen LogP contribution < -0.4 is 15.2 Å². The van der Waals surface area contributed by atoms with Gasteiger partial charge in [0, 0.05) is 30.7 Å². The monoisotopic (exact) mass is 405 g/mol. The minimum absolute atomic E-state index is 0.161. The third kappa shape index (κ3) is 4.05. The van der Waals surface area contributed by atoms with Crippen molar-refractivity contribution in [2.24, 2.45) is 5.73 Å². The Kier molecular flexibility index (Phi) is 5.52. The van der Waals surface area contributed by atoms with Crippen molar-refractivity contribution in [2.75, 3.05) is 20.2 Å². The fourth-order valence-corrected chi connectivity index (χ4v) is 3.65. The molecule has 0 atom stereocenters. The lowest BCUT2D eigenvalue weighted by Crippen LogP contribution is -2.28. The number of hydrogen-bond acceptors (Lipinski definition) is 5. The number of primary amides is 1. The number of amides is 2. The quantitative estimate of drug-likeness (QED) is 0.679. The third-order valence-corrected chi connectivity index (χ3v) is 5.25. The number of fused-ring (bicyclic) bond motifs is 1. The molecule has 7 heteroatoms. The molecule has 0 aliphatic carbocycles. The zero-order chi connectivity index (χ0) is 21.1. The van der Waals surface area contributed by atoms with E-state index in [4.69, 9.17) is 15.2 Å². The molecule has 1 saturated heterocycles. The number of likely N-dealkylation sites (tertiary alicyclic amines) is 1. The molecule has 0 unspecified atom stereocenters. The van der Waals surface area contributed by atoms with Crippen LogP contribution in [0.2, 0.25) is 0 Å². The molecule has 2 aromatic carbocycles. The summed E-state index contributed by atoms with van der Waals surface area (Å²) < 4.78 is 11.3. The van der Waals surface area contributed by atoms with Crippen LogP contribution in [-0.4, -0.2) is 41.9 Å². The normalized spacial score (nSPS) is 13.4. The average molecular weight is 405 g/mol. The molecule has 7 nitrogen and oxygen atoms in total. The summed E-state index contributed by atoms with van der Waals surface area (Å²) in [6.45, 7) is 1.71. The Hall–Kier alpha value is -3.61. The van der Waals surface area contributed by atoms with Crippen molar-refractivity contribution in [3.63, 3.8) is 0 Å². The van der Waals surface area contributed by atoms with E-state index in [1.807, 2.05) is 29.2 Å². The summed E-state index contributed by atoms with van der Waals surface area (Å²) >= 11 is 0. The van der Waals surface area contributed by atoms with Gasteiger partial charge in [0.1, 0.15) is 17.2 Å². The predicted octanol–water partition coefficient (Wildman–Crippen LogP) is 3.30. The van der Waals surface area contributed by atoms with Gasteiger partial charge >= 0.3 is 0 Å². The van der Waals surface area contributed by atoms with Crippen molar-refractivity contribution in [1.29, 1.82) is 0 Å². The fraction of sp³-hybridized carbons (Fsp3) is 0.261. The summed E-state index contributed by atoms with van der Waals surface area (Å²) in [5, 5.41) is 0.653. The lowest BCUT2D eigenvalue weighted by Gasteiger charge is -2.15. The Morgan fingerprint density at radius 2 is 1.80 bits per heavy atom. The van der Waals surface area contributed by atoms with Gasteiger partial charge in [-0.2, -0.15) is 0 Å². The first-order valence-corrected chi connectivity index (χ1v) is 9.86. The average Bonchev–Trinajstić information content (AvgIpc) is 3.29. The molecule has 2 amide bonds. The second-order valence-corrected chi connectivity index (χ2v) is 7.25. The van der Waals surface area contributed by atoms with E-state index in [1.54, 1.807) is 24.4 Å². The number of benzene rings is 2. The molecule has 2 heterocycles. The molecule has 1 aromatic heterocycles. The van der Waals surface area contributed by atoms with Gasteiger partial charge in [-0.3, -0.25) is 14.6 Å². The van der Waals surface area contributed by atoms with Gasteiger partial charge in [0.25, 0.3) is 5.91 Å². The van der Waals surface area contributed by atoms with Gasteiger partial charge in [0.2, 0.25) is 5.91 Å². The molecule has 2 N–H and O–H groups in total. The summed E-state index contributed by atoms with van der Waals surface area (Å²) in [7, 11) is 1.48. The van der Waals surface area contributed by atoms with Crippen molar-refractivity contribution < 1.29 is 19.1 Å². The Labute approximate surface area is 174 Å². The van der Waals surface area contributed by atoms with Crippen molar-refractivity contribution >= 4 is 22.7 Å². The van der Waals surface area contributed by atoms with Crippen LogP contribution in [0, 0.1) is 0 Å². The lowest BCUT2D eigenvalue weighted by atomic mass is 10.1. The number of ether oxygens (including phenoxy) is 2. The summed E-state index contributed by atoms with van der Waals surface area (Å²) in [5.74, 6) is 1.11. The smallest absolute Gasteiger partial charge is 0.252 e. The molecule has 1 fully saturated rings. The second kappa shape index (κ2) is 8.41. The summed E-state index contributed by atoms with van der Waals surface area (Å²) in [5.41, 5.74) is 7.31. The number of nitrogens with two attached hydrogens (primary N) is 1. The summed E-state index contributed by atoms with van der Waals surface area (Å²) in [4.78, 5) is 30.3. The van der Waals surface area contributed by atoms with Crippen molar-refractivity contribution in [2.45, 2.75) is 19.3 Å². The number of carbonyl (C=O) groups excluding carboxylic acids is 2. The van der Waals surface area contributed by atoms with E-state index >= 15 is 0 Å². The first-order chi connectivity index (χ1) is 14.5. The van der Waals surface area contributed by atoms with Gasteiger partial charge in [-0.05, 0) is 42.7 Å². The highest BCUT2D eigenvalue weighted by Gasteiger charge is 2.18. The van der Waals surface area contributed by atoms with Crippen LogP contribution in [0.25, 0.3) is 10.9 Å². The Bertz CT molecular complexity index is 1090. The van der Waals surface area contributed by atoms with E-state index in [9.17, 15) is 9.59 Å². The molecule has 0 spiro atoms. The highest BCUT2D eigenvalue weighted by Crippen LogP contribution is 2.33. The Morgan fingerprint density at radius 3 is 2.47 bits per heavy atom. The Morgan fingerprint density at radius 1 is 1.07 bits per heavy atom. The highest BCUT2D eigenvalue weighted by molar-refractivity contribution is 6.01.